The molecule has 0 saturated carbocycles. The minimum absolute atomic E-state index is 0.0827. The van der Waals surface area contributed by atoms with Crippen LogP contribution in [0.1, 0.15) is 56.3 Å². The molecule has 2 aliphatic heterocycles. The molecule has 4 aliphatic rings. The van der Waals surface area contributed by atoms with Crippen molar-refractivity contribution in [2.75, 3.05) is 19.8 Å². The molecule has 4 amide bonds. The SMILES string of the molecule is O=C(NC(CO)NC(=O)[C@@H]1Cc2ccccc2CN1C(=O)OCC1c2ccccc2-c2ccccc21)[C@@H]1Cc2ccccc2CN1C(=O)OCC1c2ccccc2-c2ccccc21. The van der Waals surface area contributed by atoms with Crippen LogP contribution in [0, 0.1) is 0 Å². The lowest BCUT2D eigenvalue weighted by Crippen LogP contribution is -2.61. The first-order valence-corrected chi connectivity index (χ1v) is 21.4. The minimum Gasteiger partial charge on any atom is -0.448 e. The smallest absolute Gasteiger partial charge is 0.410 e. The van der Waals surface area contributed by atoms with Gasteiger partial charge in [0.15, 0.2) is 0 Å². The van der Waals surface area contributed by atoms with Crippen LogP contribution < -0.4 is 10.6 Å². The van der Waals surface area contributed by atoms with Crippen molar-refractivity contribution in [2.24, 2.45) is 0 Å². The molecule has 10 rings (SSSR count). The summed E-state index contributed by atoms with van der Waals surface area (Å²) >= 11 is 0. The van der Waals surface area contributed by atoms with Gasteiger partial charge in [-0.3, -0.25) is 19.4 Å². The van der Waals surface area contributed by atoms with Gasteiger partial charge in [0.2, 0.25) is 11.8 Å². The highest BCUT2D eigenvalue weighted by molar-refractivity contribution is 5.89. The fraction of sp³-hybridized carbons (Fsp3) is 0.231. The number of hydrogen-bond acceptors (Lipinski definition) is 7. The number of hydrogen-bond donors (Lipinski definition) is 3. The van der Waals surface area contributed by atoms with Gasteiger partial charge in [-0.2, -0.15) is 0 Å². The zero-order valence-electron chi connectivity index (χ0n) is 34.5. The van der Waals surface area contributed by atoms with E-state index in [2.05, 4.69) is 34.9 Å². The van der Waals surface area contributed by atoms with E-state index in [4.69, 9.17) is 9.47 Å². The van der Waals surface area contributed by atoms with E-state index in [0.29, 0.717) is 0 Å². The van der Waals surface area contributed by atoms with Crippen LogP contribution in [-0.4, -0.2) is 77.0 Å². The van der Waals surface area contributed by atoms with Crippen molar-refractivity contribution >= 4 is 24.0 Å². The third kappa shape index (κ3) is 7.48. The quantitative estimate of drug-likeness (QED) is 0.130. The summed E-state index contributed by atoms with van der Waals surface area (Å²) in [7, 11) is 0. The maximum atomic E-state index is 14.3. The van der Waals surface area contributed by atoms with Gasteiger partial charge in [0.25, 0.3) is 0 Å². The van der Waals surface area contributed by atoms with Gasteiger partial charge >= 0.3 is 12.2 Å². The second kappa shape index (κ2) is 16.9. The Hall–Kier alpha value is -7.24. The Balaban J connectivity index is 0.838. The fourth-order valence-electron chi connectivity index (χ4n) is 9.92. The highest BCUT2D eigenvalue weighted by atomic mass is 16.6. The first-order chi connectivity index (χ1) is 30.9. The number of carbonyl (C=O) groups excluding carboxylic acids is 4. The van der Waals surface area contributed by atoms with Gasteiger partial charge in [0.05, 0.1) is 19.7 Å². The third-order valence-electron chi connectivity index (χ3n) is 13.1. The zero-order chi connectivity index (χ0) is 43.0. The van der Waals surface area contributed by atoms with Crippen LogP contribution in [0.4, 0.5) is 9.59 Å². The Bertz CT molecular complexity index is 2480. The van der Waals surface area contributed by atoms with E-state index < -0.39 is 48.9 Å². The highest BCUT2D eigenvalue weighted by Crippen LogP contribution is 2.46. The molecular formula is C52H46N4O7. The first kappa shape index (κ1) is 39.9. The lowest BCUT2D eigenvalue weighted by Gasteiger charge is -2.37. The van der Waals surface area contributed by atoms with E-state index in [0.717, 1.165) is 66.8 Å². The number of aliphatic hydroxyl groups is 1. The number of fused-ring (bicyclic) bond motifs is 8. The first-order valence-electron chi connectivity index (χ1n) is 21.4. The van der Waals surface area contributed by atoms with E-state index in [9.17, 15) is 24.3 Å². The number of aliphatic hydroxyl groups excluding tert-OH is 1. The van der Waals surface area contributed by atoms with Crippen LogP contribution >= 0.6 is 0 Å². The monoisotopic (exact) mass is 838 g/mol. The van der Waals surface area contributed by atoms with Crippen LogP contribution in [0.3, 0.4) is 0 Å². The number of nitrogens with one attached hydrogen (secondary N) is 2. The molecule has 0 fully saturated rings. The van der Waals surface area contributed by atoms with Crippen molar-refractivity contribution in [3.05, 3.63) is 190 Å². The van der Waals surface area contributed by atoms with Crippen molar-refractivity contribution in [2.45, 2.75) is 56.0 Å². The lowest BCUT2D eigenvalue weighted by atomic mass is 9.93. The molecule has 2 aliphatic carbocycles. The average molecular weight is 839 g/mol. The van der Waals surface area contributed by atoms with Gasteiger partial charge < -0.3 is 25.2 Å². The van der Waals surface area contributed by atoms with E-state index >= 15 is 0 Å². The van der Waals surface area contributed by atoms with E-state index in [-0.39, 0.29) is 51.0 Å². The second-order valence-corrected chi connectivity index (χ2v) is 16.6. The molecule has 63 heavy (non-hydrogen) atoms. The number of amides is 4. The molecule has 11 heteroatoms. The number of ether oxygens (including phenoxy) is 2. The molecule has 0 radical (unpaired) electrons. The van der Waals surface area contributed by atoms with Crippen molar-refractivity contribution in [3.63, 3.8) is 0 Å². The topological polar surface area (TPSA) is 138 Å². The zero-order valence-corrected chi connectivity index (χ0v) is 34.5. The molecule has 11 nitrogen and oxygen atoms in total. The molecule has 0 bridgehead atoms. The summed E-state index contributed by atoms with van der Waals surface area (Å²) in [6.45, 7) is -0.200. The van der Waals surface area contributed by atoms with Crippen LogP contribution in [0.25, 0.3) is 22.3 Å². The lowest BCUT2D eigenvalue weighted by molar-refractivity contribution is -0.130. The van der Waals surface area contributed by atoms with Crippen LogP contribution in [0.2, 0.25) is 0 Å². The Morgan fingerprint density at radius 2 is 0.810 bits per heavy atom. The van der Waals surface area contributed by atoms with Crippen molar-refractivity contribution < 1.29 is 33.8 Å². The summed E-state index contributed by atoms with van der Waals surface area (Å²) in [5.74, 6) is -1.47. The van der Waals surface area contributed by atoms with Crippen molar-refractivity contribution in [3.8, 4) is 22.3 Å². The number of carbonyl (C=O) groups is 4. The standard InChI is InChI=1S/C52H46N4O7/c57-29-48(53-49(58)46-25-32-13-1-3-15-34(32)27-55(46)51(60)62-30-44-40-21-9-5-17-36(40)37-18-6-10-22-41(37)44)54-50(59)47-26-33-14-2-4-16-35(33)28-56(47)52(61)63-31-45-42-23-11-7-19-38(42)39-20-8-12-24-43(39)45/h1-24,44-48,57H,25-31H2,(H,53,58)(H,54,59)/t46-,47-/m0/s1. The fourth-order valence-corrected chi connectivity index (χ4v) is 9.92. The summed E-state index contributed by atoms with van der Waals surface area (Å²) in [4.78, 5) is 59.4. The predicted molar refractivity (Wildman–Crippen MR) is 236 cm³/mol. The third-order valence-corrected chi connectivity index (χ3v) is 13.1. The largest absolute Gasteiger partial charge is 0.448 e. The van der Waals surface area contributed by atoms with Crippen molar-refractivity contribution in [1.82, 2.24) is 20.4 Å². The van der Waals surface area contributed by atoms with Gasteiger partial charge in [-0.1, -0.05) is 146 Å². The summed E-state index contributed by atoms with van der Waals surface area (Å²) in [5, 5.41) is 16.1. The number of rotatable bonds is 9. The summed E-state index contributed by atoms with van der Waals surface area (Å²) in [6, 6.07) is 45.6. The molecule has 6 aromatic rings. The molecule has 0 spiro atoms. The molecule has 3 N–H and O–H groups in total. The molecule has 316 valence electrons. The van der Waals surface area contributed by atoms with Gasteiger partial charge in [0, 0.05) is 24.7 Å². The Kier molecular flexibility index (Phi) is 10.7. The van der Waals surface area contributed by atoms with Gasteiger partial charge in [-0.15, -0.1) is 0 Å². The summed E-state index contributed by atoms with van der Waals surface area (Å²) in [5.41, 5.74) is 12.3. The van der Waals surface area contributed by atoms with Gasteiger partial charge in [0.1, 0.15) is 31.5 Å². The maximum absolute atomic E-state index is 14.3. The normalized spacial score (nSPS) is 17.1. The molecule has 6 aromatic carbocycles. The van der Waals surface area contributed by atoms with Gasteiger partial charge in [-0.05, 0) is 66.8 Å². The maximum Gasteiger partial charge on any atom is 0.410 e. The Labute approximate surface area is 365 Å². The molecular weight excluding hydrogens is 793 g/mol. The highest BCUT2D eigenvalue weighted by Gasteiger charge is 2.40. The summed E-state index contributed by atoms with van der Waals surface area (Å²) in [6.07, 6.45) is -2.11. The Morgan fingerprint density at radius 1 is 0.492 bits per heavy atom. The predicted octanol–water partition coefficient (Wildman–Crippen LogP) is 7.29. The molecule has 0 aromatic heterocycles. The van der Waals surface area contributed by atoms with E-state index in [1.54, 1.807) is 0 Å². The second-order valence-electron chi connectivity index (χ2n) is 16.6. The van der Waals surface area contributed by atoms with Crippen LogP contribution in [0.5, 0.6) is 0 Å². The molecule has 2 heterocycles. The number of benzene rings is 6. The number of nitrogens with zero attached hydrogens (tertiary/aromatic N) is 2. The van der Waals surface area contributed by atoms with E-state index in [1.165, 1.54) is 9.80 Å². The van der Waals surface area contributed by atoms with Crippen LogP contribution in [-0.2, 0) is 45.0 Å². The van der Waals surface area contributed by atoms with Crippen molar-refractivity contribution in [1.29, 1.82) is 0 Å². The average Bonchev–Trinajstić information content (AvgIpc) is 3.83. The van der Waals surface area contributed by atoms with Gasteiger partial charge in [-0.25, -0.2) is 9.59 Å². The molecule has 0 unspecified atom stereocenters. The molecule has 0 saturated heterocycles. The van der Waals surface area contributed by atoms with Crippen LogP contribution in [0.15, 0.2) is 146 Å². The minimum atomic E-state index is -1.23. The summed E-state index contributed by atoms with van der Waals surface area (Å²) < 4.78 is 12.1. The Morgan fingerprint density at radius 3 is 1.16 bits per heavy atom. The van der Waals surface area contributed by atoms with E-state index in [1.807, 2.05) is 121 Å². The molecule has 2 atom stereocenters.